The number of carbonyl (C=O) groups is 1. The first kappa shape index (κ1) is 18.6. The number of thioether (sulfide) groups is 1. The van der Waals surface area contributed by atoms with Crippen molar-refractivity contribution in [2.75, 3.05) is 5.75 Å². The summed E-state index contributed by atoms with van der Waals surface area (Å²) in [6.07, 6.45) is 3.70. The molecule has 5 heteroatoms. The summed E-state index contributed by atoms with van der Waals surface area (Å²) in [4.78, 5) is 16.4. The standard InChI is InChI=1S/C19H27N3OS/c1-13(2)15(5)21-18(23)12-24-19-20-10-11-22(19)17-8-6-16(7-9-17)14(3)4/h6-11,13-15H,12H2,1-5H3,(H,21,23). The fourth-order valence-electron chi connectivity index (χ4n) is 2.21. The highest BCUT2D eigenvalue weighted by Crippen LogP contribution is 2.22. The van der Waals surface area contributed by atoms with Crippen LogP contribution in [0.15, 0.2) is 41.8 Å². The predicted octanol–water partition coefficient (Wildman–Crippen LogP) is 4.25. The highest BCUT2D eigenvalue weighted by Gasteiger charge is 2.13. The number of aromatic nitrogens is 2. The third-order valence-corrected chi connectivity index (χ3v) is 5.13. The lowest BCUT2D eigenvalue weighted by Gasteiger charge is -2.17. The summed E-state index contributed by atoms with van der Waals surface area (Å²) in [5.41, 5.74) is 2.38. The van der Waals surface area contributed by atoms with Gasteiger partial charge in [0.25, 0.3) is 0 Å². The molecule has 2 rings (SSSR count). The maximum Gasteiger partial charge on any atom is 0.230 e. The van der Waals surface area contributed by atoms with Crippen LogP contribution in [-0.4, -0.2) is 27.3 Å². The van der Waals surface area contributed by atoms with Gasteiger partial charge in [-0.2, -0.15) is 0 Å². The van der Waals surface area contributed by atoms with Gasteiger partial charge < -0.3 is 5.32 Å². The van der Waals surface area contributed by atoms with Crippen molar-refractivity contribution in [2.24, 2.45) is 5.92 Å². The van der Waals surface area contributed by atoms with Crippen LogP contribution in [0.4, 0.5) is 0 Å². The lowest BCUT2D eigenvalue weighted by Crippen LogP contribution is -2.37. The smallest absolute Gasteiger partial charge is 0.230 e. The highest BCUT2D eigenvalue weighted by atomic mass is 32.2. The van der Waals surface area contributed by atoms with Crippen molar-refractivity contribution in [2.45, 2.75) is 51.7 Å². The van der Waals surface area contributed by atoms with Gasteiger partial charge in [-0.25, -0.2) is 4.98 Å². The molecule has 0 saturated carbocycles. The number of nitrogens with zero attached hydrogens (tertiary/aromatic N) is 2. The molecule has 0 radical (unpaired) electrons. The van der Waals surface area contributed by atoms with Crippen molar-refractivity contribution < 1.29 is 4.79 Å². The van der Waals surface area contributed by atoms with E-state index >= 15 is 0 Å². The van der Waals surface area contributed by atoms with E-state index in [2.05, 4.69) is 62.3 Å². The number of nitrogens with one attached hydrogen (secondary N) is 1. The molecule has 0 aliphatic carbocycles. The highest BCUT2D eigenvalue weighted by molar-refractivity contribution is 7.99. The lowest BCUT2D eigenvalue weighted by molar-refractivity contribution is -0.119. The minimum Gasteiger partial charge on any atom is -0.353 e. The Kier molecular flexibility index (Phi) is 6.49. The molecule has 0 aliphatic rings. The molecule has 1 amide bonds. The van der Waals surface area contributed by atoms with Crippen molar-refractivity contribution in [1.29, 1.82) is 0 Å². The topological polar surface area (TPSA) is 46.9 Å². The summed E-state index contributed by atoms with van der Waals surface area (Å²) in [5, 5.41) is 3.86. The second kappa shape index (κ2) is 8.38. The van der Waals surface area contributed by atoms with Crippen LogP contribution in [0.1, 0.15) is 46.1 Å². The number of rotatable bonds is 7. The van der Waals surface area contributed by atoms with Crippen LogP contribution in [0.2, 0.25) is 0 Å². The molecule has 1 aromatic heterocycles. The normalized spacial score (nSPS) is 12.6. The molecule has 24 heavy (non-hydrogen) atoms. The molecule has 1 atom stereocenters. The quantitative estimate of drug-likeness (QED) is 0.763. The Morgan fingerprint density at radius 2 is 1.83 bits per heavy atom. The molecule has 2 aromatic rings. The van der Waals surface area contributed by atoms with Gasteiger partial charge in [-0.15, -0.1) is 0 Å². The molecule has 0 aliphatic heterocycles. The molecular weight excluding hydrogens is 318 g/mol. The Bertz CT molecular complexity index is 662. The summed E-state index contributed by atoms with van der Waals surface area (Å²) < 4.78 is 2.02. The fourth-order valence-corrected chi connectivity index (χ4v) is 2.99. The summed E-state index contributed by atoms with van der Waals surface area (Å²) in [7, 11) is 0. The SMILES string of the molecule is CC(C)c1ccc(-n2ccnc2SCC(=O)NC(C)C(C)C)cc1. The average molecular weight is 346 g/mol. The molecule has 130 valence electrons. The van der Waals surface area contributed by atoms with E-state index in [0.29, 0.717) is 17.6 Å². The molecular formula is C19H27N3OS. The van der Waals surface area contributed by atoms with Crippen LogP contribution < -0.4 is 5.32 Å². The predicted molar refractivity (Wildman–Crippen MR) is 101 cm³/mol. The number of hydrogen-bond donors (Lipinski definition) is 1. The van der Waals surface area contributed by atoms with Gasteiger partial charge in [0.05, 0.1) is 5.75 Å². The minimum atomic E-state index is 0.0471. The van der Waals surface area contributed by atoms with E-state index < -0.39 is 0 Å². The number of amides is 1. The number of benzene rings is 1. The zero-order chi connectivity index (χ0) is 17.7. The van der Waals surface area contributed by atoms with E-state index in [-0.39, 0.29) is 11.9 Å². The Balaban J connectivity index is 2.01. The third kappa shape index (κ3) is 4.87. The molecule has 0 fully saturated rings. The number of hydrogen-bond acceptors (Lipinski definition) is 3. The second-order valence-electron chi connectivity index (χ2n) is 6.71. The molecule has 0 spiro atoms. The largest absolute Gasteiger partial charge is 0.353 e. The van der Waals surface area contributed by atoms with E-state index in [0.717, 1.165) is 10.8 Å². The first-order valence-corrected chi connectivity index (χ1v) is 9.43. The first-order valence-electron chi connectivity index (χ1n) is 8.44. The Morgan fingerprint density at radius 1 is 1.17 bits per heavy atom. The minimum absolute atomic E-state index is 0.0471. The van der Waals surface area contributed by atoms with Crippen LogP contribution >= 0.6 is 11.8 Å². The molecule has 0 bridgehead atoms. The number of carbonyl (C=O) groups excluding carboxylic acids is 1. The van der Waals surface area contributed by atoms with Gasteiger partial charge in [0.2, 0.25) is 5.91 Å². The summed E-state index contributed by atoms with van der Waals surface area (Å²) in [6, 6.07) is 8.67. The average Bonchev–Trinajstić information content (AvgIpc) is 3.01. The van der Waals surface area contributed by atoms with Gasteiger partial charge in [-0.1, -0.05) is 51.6 Å². The zero-order valence-electron chi connectivity index (χ0n) is 15.1. The zero-order valence-corrected chi connectivity index (χ0v) is 15.9. The van der Waals surface area contributed by atoms with Crippen molar-refractivity contribution in [1.82, 2.24) is 14.9 Å². The molecule has 0 saturated heterocycles. The molecule has 1 unspecified atom stereocenters. The van der Waals surface area contributed by atoms with E-state index in [1.165, 1.54) is 17.3 Å². The Hall–Kier alpha value is -1.75. The maximum absolute atomic E-state index is 12.1. The van der Waals surface area contributed by atoms with Crippen molar-refractivity contribution in [3.05, 3.63) is 42.2 Å². The van der Waals surface area contributed by atoms with E-state index in [4.69, 9.17) is 0 Å². The van der Waals surface area contributed by atoms with E-state index in [1.807, 2.05) is 17.7 Å². The van der Waals surface area contributed by atoms with Crippen molar-refractivity contribution >= 4 is 17.7 Å². The van der Waals surface area contributed by atoms with Crippen molar-refractivity contribution in [3.8, 4) is 5.69 Å². The van der Waals surface area contributed by atoms with E-state index in [1.54, 1.807) is 6.20 Å². The van der Waals surface area contributed by atoms with Gasteiger partial charge >= 0.3 is 0 Å². The van der Waals surface area contributed by atoms with Gasteiger partial charge in [0.15, 0.2) is 5.16 Å². The third-order valence-electron chi connectivity index (χ3n) is 4.17. The van der Waals surface area contributed by atoms with E-state index in [9.17, 15) is 4.79 Å². The van der Waals surface area contributed by atoms with Crippen LogP contribution in [0.25, 0.3) is 5.69 Å². The van der Waals surface area contributed by atoms with Crippen LogP contribution in [0.5, 0.6) is 0 Å². The van der Waals surface area contributed by atoms with Gasteiger partial charge in [0.1, 0.15) is 0 Å². The van der Waals surface area contributed by atoms with Gasteiger partial charge in [-0.05, 0) is 36.5 Å². The maximum atomic E-state index is 12.1. The first-order chi connectivity index (χ1) is 11.4. The molecule has 1 N–H and O–H groups in total. The van der Waals surface area contributed by atoms with Gasteiger partial charge in [0, 0.05) is 24.1 Å². The Morgan fingerprint density at radius 3 is 2.42 bits per heavy atom. The second-order valence-corrected chi connectivity index (χ2v) is 7.66. The van der Waals surface area contributed by atoms with Crippen LogP contribution in [0.3, 0.4) is 0 Å². The summed E-state index contributed by atoms with van der Waals surface area (Å²) in [5.74, 6) is 1.37. The van der Waals surface area contributed by atoms with Crippen LogP contribution in [-0.2, 0) is 4.79 Å². The summed E-state index contributed by atoms with van der Waals surface area (Å²) >= 11 is 1.46. The van der Waals surface area contributed by atoms with Crippen LogP contribution in [0, 0.1) is 5.92 Å². The number of imidazole rings is 1. The summed E-state index contributed by atoms with van der Waals surface area (Å²) in [6.45, 7) is 10.6. The monoisotopic (exact) mass is 345 g/mol. The Labute approximate surface area is 149 Å². The lowest BCUT2D eigenvalue weighted by atomic mass is 10.0. The van der Waals surface area contributed by atoms with Crippen molar-refractivity contribution in [3.63, 3.8) is 0 Å². The molecule has 4 nitrogen and oxygen atoms in total. The molecule has 1 aromatic carbocycles. The van der Waals surface area contributed by atoms with Gasteiger partial charge in [-0.3, -0.25) is 9.36 Å². The molecule has 1 heterocycles. The fraction of sp³-hybridized carbons (Fsp3) is 0.474.